The maximum atomic E-state index is 12.1. The zero-order chi connectivity index (χ0) is 12.0. The second kappa shape index (κ2) is 3.98. The third-order valence-corrected chi connectivity index (χ3v) is 5.35. The van der Waals surface area contributed by atoms with Crippen LogP contribution in [0.15, 0.2) is 0 Å². The van der Waals surface area contributed by atoms with Crippen molar-refractivity contribution in [3.8, 4) is 0 Å². The Hall–Kier alpha value is -0.570. The van der Waals surface area contributed by atoms with E-state index in [1.165, 1.54) is 6.42 Å². The number of esters is 1. The van der Waals surface area contributed by atoms with E-state index < -0.39 is 5.60 Å². The fourth-order valence-electron chi connectivity index (χ4n) is 4.36. The Morgan fingerprint density at radius 3 is 2.88 bits per heavy atom. The van der Waals surface area contributed by atoms with Gasteiger partial charge < -0.3 is 9.84 Å². The van der Waals surface area contributed by atoms with Gasteiger partial charge >= 0.3 is 5.97 Å². The largest absolute Gasteiger partial charge is 0.459 e. The SMILES string of the molecule is CC1C2CCCC(OC2=O)C2(O)CCCCC12. The van der Waals surface area contributed by atoms with E-state index in [2.05, 4.69) is 6.92 Å². The highest BCUT2D eigenvalue weighted by molar-refractivity contribution is 5.73. The number of rotatable bonds is 0. The molecule has 1 N–H and O–H groups in total. The van der Waals surface area contributed by atoms with Crippen molar-refractivity contribution in [2.75, 3.05) is 0 Å². The molecule has 3 heteroatoms. The smallest absolute Gasteiger partial charge is 0.309 e. The minimum atomic E-state index is -0.734. The average Bonchev–Trinajstić information content (AvgIpc) is 2.54. The molecule has 0 radical (unpaired) electrons. The molecule has 2 aliphatic heterocycles. The van der Waals surface area contributed by atoms with Crippen molar-refractivity contribution in [3.63, 3.8) is 0 Å². The molecule has 5 atom stereocenters. The van der Waals surface area contributed by atoms with Crippen LogP contribution in [0.4, 0.5) is 0 Å². The summed E-state index contributed by atoms with van der Waals surface area (Å²) in [7, 11) is 0. The summed E-state index contributed by atoms with van der Waals surface area (Å²) in [5.74, 6) is 0.510. The van der Waals surface area contributed by atoms with Crippen molar-refractivity contribution < 1.29 is 14.6 Å². The lowest BCUT2D eigenvalue weighted by Gasteiger charge is -2.46. The van der Waals surface area contributed by atoms with Gasteiger partial charge in [0, 0.05) is 0 Å². The fourth-order valence-corrected chi connectivity index (χ4v) is 4.36. The second-order valence-corrected chi connectivity index (χ2v) is 6.17. The summed E-state index contributed by atoms with van der Waals surface area (Å²) in [6, 6.07) is 0. The summed E-state index contributed by atoms with van der Waals surface area (Å²) in [5, 5.41) is 11.0. The lowest BCUT2D eigenvalue weighted by Crippen LogP contribution is -2.53. The summed E-state index contributed by atoms with van der Waals surface area (Å²) in [6.07, 6.45) is 6.69. The Bertz CT molecular complexity index is 327. The predicted octanol–water partition coefficient (Wildman–Crippen LogP) is 2.27. The third kappa shape index (κ3) is 1.62. The van der Waals surface area contributed by atoms with Gasteiger partial charge in [-0.2, -0.15) is 0 Å². The van der Waals surface area contributed by atoms with Crippen molar-refractivity contribution in [2.45, 2.75) is 63.6 Å². The number of carbonyl (C=O) groups is 1. The molecule has 96 valence electrons. The van der Waals surface area contributed by atoms with Crippen molar-refractivity contribution >= 4 is 5.97 Å². The first-order chi connectivity index (χ1) is 8.13. The van der Waals surface area contributed by atoms with Gasteiger partial charge in [-0.05, 0) is 43.9 Å². The molecule has 3 nitrogen and oxygen atoms in total. The maximum Gasteiger partial charge on any atom is 0.309 e. The molecule has 0 aromatic rings. The van der Waals surface area contributed by atoms with Crippen LogP contribution in [0, 0.1) is 17.8 Å². The van der Waals surface area contributed by atoms with E-state index in [-0.39, 0.29) is 29.8 Å². The van der Waals surface area contributed by atoms with Gasteiger partial charge in [0.2, 0.25) is 0 Å². The van der Waals surface area contributed by atoms with Crippen molar-refractivity contribution in [1.82, 2.24) is 0 Å². The molecule has 3 aliphatic rings. The molecule has 2 saturated heterocycles. The molecule has 3 fully saturated rings. The highest BCUT2D eigenvalue weighted by atomic mass is 16.6. The molecule has 0 amide bonds. The van der Waals surface area contributed by atoms with Crippen LogP contribution >= 0.6 is 0 Å². The summed E-state index contributed by atoms with van der Waals surface area (Å²) >= 11 is 0. The first-order valence-electron chi connectivity index (χ1n) is 7.06. The number of ether oxygens (including phenoxy) is 1. The first kappa shape index (κ1) is 11.5. The molecule has 17 heavy (non-hydrogen) atoms. The van der Waals surface area contributed by atoms with Gasteiger partial charge in [0.25, 0.3) is 0 Å². The minimum Gasteiger partial charge on any atom is -0.459 e. The molecule has 1 aliphatic carbocycles. The van der Waals surface area contributed by atoms with Crippen molar-refractivity contribution in [3.05, 3.63) is 0 Å². The van der Waals surface area contributed by atoms with Crippen LogP contribution in [-0.4, -0.2) is 22.8 Å². The number of fused-ring (bicyclic) bond motifs is 5. The van der Waals surface area contributed by atoms with Crippen LogP contribution in [0.5, 0.6) is 0 Å². The van der Waals surface area contributed by atoms with E-state index in [4.69, 9.17) is 4.74 Å². The van der Waals surface area contributed by atoms with Crippen LogP contribution in [0.2, 0.25) is 0 Å². The Morgan fingerprint density at radius 2 is 2.06 bits per heavy atom. The van der Waals surface area contributed by atoms with E-state index >= 15 is 0 Å². The van der Waals surface area contributed by atoms with E-state index in [1.54, 1.807) is 0 Å². The van der Waals surface area contributed by atoms with E-state index in [9.17, 15) is 9.90 Å². The molecule has 2 bridgehead atoms. The third-order valence-electron chi connectivity index (χ3n) is 5.35. The van der Waals surface area contributed by atoms with Crippen LogP contribution in [-0.2, 0) is 9.53 Å². The van der Waals surface area contributed by atoms with Gasteiger partial charge in [0.1, 0.15) is 11.7 Å². The number of hydrogen-bond donors (Lipinski definition) is 1. The van der Waals surface area contributed by atoms with E-state index in [1.807, 2.05) is 0 Å². The summed E-state index contributed by atoms with van der Waals surface area (Å²) in [4.78, 5) is 12.1. The lowest BCUT2D eigenvalue weighted by molar-refractivity contribution is -0.172. The Balaban J connectivity index is 2.02. The molecule has 3 rings (SSSR count). The first-order valence-corrected chi connectivity index (χ1v) is 7.06. The Morgan fingerprint density at radius 1 is 1.24 bits per heavy atom. The summed E-state index contributed by atoms with van der Waals surface area (Å²) in [5.41, 5.74) is -0.734. The monoisotopic (exact) mass is 238 g/mol. The molecule has 0 aromatic carbocycles. The van der Waals surface area contributed by atoms with Crippen LogP contribution in [0.3, 0.4) is 0 Å². The standard InChI is InChI=1S/C14H22O3/c1-9-10-5-4-7-12(17-13(10)15)14(16)8-3-2-6-11(9)14/h9-12,16H,2-8H2,1H3. The zero-order valence-corrected chi connectivity index (χ0v) is 10.5. The minimum absolute atomic E-state index is 0.0251. The van der Waals surface area contributed by atoms with Crippen molar-refractivity contribution in [1.29, 1.82) is 0 Å². The van der Waals surface area contributed by atoms with Gasteiger partial charge in [-0.25, -0.2) is 0 Å². The maximum absolute atomic E-state index is 12.1. The molecular weight excluding hydrogens is 216 g/mol. The van der Waals surface area contributed by atoms with Crippen LogP contribution < -0.4 is 0 Å². The van der Waals surface area contributed by atoms with Crippen LogP contribution in [0.25, 0.3) is 0 Å². The zero-order valence-electron chi connectivity index (χ0n) is 10.5. The molecule has 1 saturated carbocycles. The Labute approximate surface area is 103 Å². The quantitative estimate of drug-likeness (QED) is 0.658. The van der Waals surface area contributed by atoms with Gasteiger partial charge in [0.15, 0.2) is 0 Å². The van der Waals surface area contributed by atoms with Gasteiger partial charge in [-0.15, -0.1) is 0 Å². The highest BCUT2D eigenvalue weighted by Gasteiger charge is 2.55. The molecule has 0 spiro atoms. The van der Waals surface area contributed by atoms with Crippen LogP contribution in [0.1, 0.15) is 51.9 Å². The normalized spacial score (nSPS) is 50.1. The molecule has 2 heterocycles. The molecule has 5 unspecified atom stereocenters. The van der Waals surface area contributed by atoms with Crippen molar-refractivity contribution in [2.24, 2.45) is 17.8 Å². The predicted molar refractivity (Wildman–Crippen MR) is 63.3 cm³/mol. The van der Waals surface area contributed by atoms with Gasteiger partial charge in [0.05, 0.1) is 5.92 Å². The second-order valence-electron chi connectivity index (χ2n) is 6.17. The Kier molecular flexibility index (Phi) is 2.69. The highest BCUT2D eigenvalue weighted by Crippen LogP contribution is 2.50. The van der Waals surface area contributed by atoms with Gasteiger partial charge in [-0.3, -0.25) is 4.79 Å². The average molecular weight is 238 g/mol. The van der Waals surface area contributed by atoms with E-state index in [0.29, 0.717) is 0 Å². The lowest BCUT2D eigenvalue weighted by atomic mass is 9.62. The topological polar surface area (TPSA) is 46.5 Å². The fraction of sp³-hybridized carbons (Fsp3) is 0.929. The van der Waals surface area contributed by atoms with E-state index in [0.717, 1.165) is 38.5 Å². The summed E-state index contributed by atoms with van der Waals surface area (Å²) in [6.45, 7) is 2.14. The number of carbonyl (C=O) groups excluding carboxylic acids is 1. The number of aliphatic hydroxyl groups is 1. The molecule has 0 aromatic heterocycles. The molecular formula is C14H22O3. The van der Waals surface area contributed by atoms with Gasteiger partial charge in [-0.1, -0.05) is 19.8 Å². The number of hydrogen-bond acceptors (Lipinski definition) is 3. The summed E-state index contributed by atoms with van der Waals surface area (Å²) < 4.78 is 5.59.